The molecule has 0 spiro atoms. The number of piperidine rings is 1. The van der Waals surface area contributed by atoms with Gasteiger partial charge < -0.3 is 14.9 Å². The molecule has 2 atom stereocenters. The number of aliphatic carboxylic acids is 1. The van der Waals surface area contributed by atoms with Crippen molar-refractivity contribution in [3.63, 3.8) is 0 Å². The smallest absolute Gasteiger partial charge is 0.324 e. The number of aliphatic hydroxyl groups is 1. The van der Waals surface area contributed by atoms with Crippen molar-refractivity contribution >= 4 is 16.0 Å². The van der Waals surface area contributed by atoms with E-state index in [1.807, 2.05) is 0 Å². The van der Waals surface area contributed by atoms with Gasteiger partial charge in [-0.1, -0.05) is 12.1 Å². The van der Waals surface area contributed by atoms with E-state index in [1.165, 1.54) is 36.4 Å². The minimum absolute atomic E-state index is 0.0270. The summed E-state index contributed by atoms with van der Waals surface area (Å²) in [5.74, 6) is -1.31. The second kappa shape index (κ2) is 8.26. The summed E-state index contributed by atoms with van der Waals surface area (Å²) in [6.45, 7) is 0.213. The predicted molar refractivity (Wildman–Crippen MR) is 97.7 cm³/mol. The molecular weight excluding hydrogens is 389 g/mol. The summed E-state index contributed by atoms with van der Waals surface area (Å²) in [7, 11) is -4.08. The number of hydrogen-bond acceptors (Lipinski definition) is 5. The van der Waals surface area contributed by atoms with Crippen molar-refractivity contribution in [1.29, 1.82) is 0 Å². The summed E-state index contributed by atoms with van der Waals surface area (Å²) in [6, 6.07) is 9.89. The molecule has 2 N–H and O–H groups in total. The van der Waals surface area contributed by atoms with Gasteiger partial charge in [0.05, 0.1) is 11.0 Å². The molecule has 0 aromatic heterocycles. The van der Waals surface area contributed by atoms with Gasteiger partial charge in [0.1, 0.15) is 24.2 Å². The average Bonchev–Trinajstić information content (AvgIpc) is 2.67. The van der Waals surface area contributed by atoms with Crippen molar-refractivity contribution < 1.29 is 32.6 Å². The van der Waals surface area contributed by atoms with Crippen LogP contribution < -0.4 is 4.74 Å². The molecule has 0 aliphatic carbocycles. The van der Waals surface area contributed by atoms with Gasteiger partial charge in [0, 0.05) is 6.54 Å². The zero-order valence-corrected chi connectivity index (χ0v) is 15.7. The standard InChI is InChI=1S/C19H20FNO6S/c20-14-5-3-13(4-6-14)12-27-15-7-9-16(10-8-15)28(25,26)21-11-1-2-17(22)18(21)19(23)24/h3-10,17-18,22H,1-2,11-12H2,(H,23,24). The third-order valence-corrected chi connectivity index (χ3v) is 6.45. The van der Waals surface area contributed by atoms with E-state index >= 15 is 0 Å². The van der Waals surface area contributed by atoms with Crippen molar-refractivity contribution in [2.45, 2.75) is 36.5 Å². The number of carbonyl (C=O) groups is 1. The monoisotopic (exact) mass is 409 g/mol. The fourth-order valence-electron chi connectivity index (χ4n) is 3.09. The Labute approximate surface area is 162 Å². The second-order valence-corrected chi connectivity index (χ2v) is 8.39. The summed E-state index contributed by atoms with van der Waals surface area (Å²) >= 11 is 0. The van der Waals surface area contributed by atoms with Crippen molar-refractivity contribution in [3.8, 4) is 5.75 Å². The fourth-order valence-corrected chi connectivity index (χ4v) is 4.74. The summed E-state index contributed by atoms with van der Waals surface area (Å²) < 4.78 is 45.0. The lowest BCUT2D eigenvalue weighted by Gasteiger charge is -2.35. The number of carboxylic acids is 1. The quantitative estimate of drug-likeness (QED) is 0.756. The number of aliphatic hydroxyl groups excluding tert-OH is 1. The van der Waals surface area contributed by atoms with Crippen LogP contribution in [-0.2, 0) is 21.4 Å². The van der Waals surface area contributed by atoms with E-state index < -0.39 is 28.1 Å². The Morgan fingerprint density at radius 2 is 1.79 bits per heavy atom. The highest BCUT2D eigenvalue weighted by Crippen LogP contribution is 2.27. The molecule has 2 unspecified atom stereocenters. The highest BCUT2D eigenvalue weighted by Gasteiger charge is 2.42. The largest absolute Gasteiger partial charge is 0.489 e. The van der Waals surface area contributed by atoms with Gasteiger partial charge in [0.25, 0.3) is 0 Å². The van der Waals surface area contributed by atoms with Crippen molar-refractivity contribution in [1.82, 2.24) is 4.31 Å². The lowest BCUT2D eigenvalue weighted by Crippen LogP contribution is -2.54. The highest BCUT2D eigenvalue weighted by molar-refractivity contribution is 7.89. The van der Waals surface area contributed by atoms with Gasteiger partial charge in [0.15, 0.2) is 0 Å². The minimum Gasteiger partial charge on any atom is -0.489 e. The molecule has 1 aliphatic heterocycles. The number of carboxylic acid groups (broad SMARTS) is 1. The van der Waals surface area contributed by atoms with Crippen LogP contribution in [0.1, 0.15) is 18.4 Å². The van der Waals surface area contributed by atoms with Gasteiger partial charge in [-0.25, -0.2) is 12.8 Å². The molecule has 1 fully saturated rings. The molecule has 0 bridgehead atoms. The molecule has 0 radical (unpaired) electrons. The molecule has 0 saturated carbocycles. The van der Waals surface area contributed by atoms with E-state index in [0.29, 0.717) is 12.2 Å². The highest BCUT2D eigenvalue weighted by atomic mass is 32.2. The van der Waals surface area contributed by atoms with E-state index in [-0.39, 0.29) is 30.3 Å². The first-order valence-corrected chi connectivity index (χ1v) is 10.1. The zero-order valence-electron chi connectivity index (χ0n) is 14.9. The molecule has 0 amide bonds. The number of rotatable bonds is 6. The maximum atomic E-state index is 12.9. The number of benzene rings is 2. The zero-order chi connectivity index (χ0) is 20.3. The molecule has 9 heteroatoms. The summed E-state index contributed by atoms with van der Waals surface area (Å²) in [4.78, 5) is 11.4. The lowest BCUT2D eigenvalue weighted by molar-refractivity contribution is -0.146. The van der Waals surface area contributed by atoms with Crippen molar-refractivity contribution in [3.05, 3.63) is 59.9 Å². The van der Waals surface area contributed by atoms with Crippen LogP contribution in [0.2, 0.25) is 0 Å². The Kier molecular flexibility index (Phi) is 5.97. The van der Waals surface area contributed by atoms with Crippen LogP contribution in [0.3, 0.4) is 0 Å². The first-order valence-electron chi connectivity index (χ1n) is 8.69. The van der Waals surface area contributed by atoms with Gasteiger partial charge in [-0.15, -0.1) is 0 Å². The van der Waals surface area contributed by atoms with E-state index in [2.05, 4.69) is 0 Å². The summed E-state index contributed by atoms with van der Waals surface area (Å²) in [5.41, 5.74) is 0.754. The molecule has 2 aromatic rings. The van der Waals surface area contributed by atoms with Crippen LogP contribution in [0.5, 0.6) is 5.75 Å². The average molecular weight is 409 g/mol. The number of hydrogen-bond donors (Lipinski definition) is 2. The van der Waals surface area contributed by atoms with Gasteiger partial charge in [-0.2, -0.15) is 4.31 Å². The van der Waals surface area contributed by atoms with E-state index in [4.69, 9.17) is 4.74 Å². The maximum absolute atomic E-state index is 12.9. The van der Waals surface area contributed by atoms with Crippen LogP contribution in [0.15, 0.2) is 53.4 Å². The molecule has 1 saturated heterocycles. The van der Waals surface area contributed by atoms with Crippen LogP contribution in [0.4, 0.5) is 4.39 Å². The van der Waals surface area contributed by atoms with Crippen LogP contribution >= 0.6 is 0 Å². The molecule has 3 rings (SSSR count). The Morgan fingerprint density at radius 1 is 1.14 bits per heavy atom. The molecule has 2 aromatic carbocycles. The lowest BCUT2D eigenvalue weighted by atomic mass is 10.0. The molecule has 150 valence electrons. The third-order valence-electron chi connectivity index (χ3n) is 4.56. The first-order chi connectivity index (χ1) is 13.3. The maximum Gasteiger partial charge on any atom is 0.324 e. The molecule has 7 nitrogen and oxygen atoms in total. The third kappa shape index (κ3) is 4.32. The summed E-state index contributed by atoms with van der Waals surface area (Å²) in [6.07, 6.45) is -0.637. The summed E-state index contributed by atoms with van der Waals surface area (Å²) in [5, 5.41) is 19.2. The predicted octanol–water partition coefficient (Wildman–Crippen LogP) is 2.00. The minimum atomic E-state index is -4.08. The fraction of sp³-hybridized carbons (Fsp3) is 0.316. The number of sulfonamides is 1. The van der Waals surface area contributed by atoms with Crippen LogP contribution in [-0.4, -0.2) is 47.6 Å². The van der Waals surface area contributed by atoms with Crippen molar-refractivity contribution in [2.24, 2.45) is 0 Å². The molecule has 1 aliphatic rings. The van der Waals surface area contributed by atoms with Gasteiger partial charge in [-0.05, 0) is 54.8 Å². The normalized spacial score (nSPS) is 20.6. The second-order valence-electron chi connectivity index (χ2n) is 6.49. The van der Waals surface area contributed by atoms with Crippen molar-refractivity contribution in [2.75, 3.05) is 6.54 Å². The van der Waals surface area contributed by atoms with Crippen LogP contribution in [0, 0.1) is 5.82 Å². The number of nitrogens with zero attached hydrogens (tertiary/aromatic N) is 1. The Balaban J connectivity index is 1.74. The van der Waals surface area contributed by atoms with E-state index in [0.717, 1.165) is 9.87 Å². The molecule has 1 heterocycles. The SMILES string of the molecule is O=C(O)C1C(O)CCCN1S(=O)(=O)c1ccc(OCc2ccc(F)cc2)cc1. The Bertz CT molecular complexity index is 930. The molecular formula is C19H20FNO6S. The molecule has 28 heavy (non-hydrogen) atoms. The topological polar surface area (TPSA) is 104 Å². The Hall–Kier alpha value is -2.49. The van der Waals surface area contributed by atoms with E-state index in [9.17, 15) is 27.8 Å². The number of halogens is 1. The van der Waals surface area contributed by atoms with E-state index in [1.54, 1.807) is 12.1 Å². The van der Waals surface area contributed by atoms with Gasteiger partial charge >= 0.3 is 5.97 Å². The van der Waals surface area contributed by atoms with Gasteiger partial charge in [-0.3, -0.25) is 4.79 Å². The van der Waals surface area contributed by atoms with Gasteiger partial charge in [0.2, 0.25) is 10.0 Å². The number of ether oxygens (including phenoxy) is 1. The van der Waals surface area contributed by atoms with Crippen LogP contribution in [0.25, 0.3) is 0 Å². The first kappa shape index (κ1) is 20.2. The Morgan fingerprint density at radius 3 is 2.39 bits per heavy atom.